The summed E-state index contributed by atoms with van der Waals surface area (Å²) in [6.07, 6.45) is -1.51. The highest BCUT2D eigenvalue weighted by Gasteiger charge is 2.41. The van der Waals surface area contributed by atoms with Gasteiger partial charge in [-0.05, 0) is 20.8 Å². The van der Waals surface area contributed by atoms with Gasteiger partial charge in [0.1, 0.15) is 17.0 Å². The Morgan fingerprint density at radius 3 is 2.75 bits per heavy atom. The summed E-state index contributed by atoms with van der Waals surface area (Å²) in [5.74, 6) is -1.21. The normalized spacial score (nSPS) is 27.4. The van der Waals surface area contributed by atoms with Gasteiger partial charge in [0.25, 0.3) is 0 Å². The Hall–Kier alpha value is -0.170. The predicted octanol–water partition coefficient (Wildman–Crippen LogP) is 0.825. The van der Waals surface area contributed by atoms with Crippen molar-refractivity contribution in [3.05, 3.63) is 0 Å². The Labute approximate surface area is 103 Å². The molecule has 0 radical (unpaired) electrons. The monoisotopic (exact) mass is 296 g/mol. The van der Waals surface area contributed by atoms with Crippen molar-refractivity contribution in [1.82, 2.24) is 0 Å². The number of carbonyl (C=O) groups is 1. The lowest BCUT2D eigenvalue weighted by Crippen LogP contribution is -2.41. The van der Waals surface area contributed by atoms with Crippen LogP contribution in [0.2, 0.25) is 0 Å². The average Bonchev–Trinajstić information content (AvgIpc) is 2.57. The van der Waals surface area contributed by atoms with Crippen molar-refractivity contribution in [2.75, 3.05) is 13.2 Å². The molecule has 1 aliphatic rings. The molecule has 6 heteroatoms. The summed E-state index contributed by atoms with van der Waals surface area (Å²) < 4.78 is 15.6. The minimum atomic E-state index is -0.985. The summed E-state index contributed by atoms with van der Waals surface area (Å²) in [5, 5.41) is 9.89. The minimum absolute atomic E-state index is 0.260. The molecule has 1 heterocycles. The van der Waals surface area contributed by atoms with Crippen molar-refractivity contribution >= 4 is 21.9 Å². The van der Waals surface area contributed by atoms with Crippen LogP contribution in [0.5, 0.6) is 0 Å². The second kappa shape index (κ2) is 5.44. The number of halogens is 1. The van der Waals surface area contributed by atoms with Crippen molar-refractivity contribution in [1.29, 1.82) is 0 Å². The van der Waals surface area contributed by atoms with Gasteiger partial charge in [-0.3, -0.25) is 4.79 Å². The average molecular weight is 297 g/mol. The Morgan fingerprint density at radius 1 is 1.69 bits per heavy atom. The second-order valence-electron chi connectivity index (χ2n) is 4.01. The van der Waals surface area contributed by atoms with E-state index in [1.807, 2.05) is 0 Å². The van der Waals surface area contributed by atoms with Gasteiger partial charge in [-0.15, -0.1) is 0 Å². The van der Waals surface area contributed by atoms with E-state index in [2.05, 4.69) is 15.9 Å². The van der Waals surface area contributed by atoms with E-state index in [1.165, 1.54) is 0 Å². The molecule has 1 N–H and O–H groups in total. The van der Waals surface area contributed by atoms with Gasteiger partial charge in [-0.25, -0.2) is 0 Å². The highest BCUT2D eigenvalue weighted by Crippen LogP contribution is 2.27. The summed E-state index contributed by atoms with van der Waals surface area (Å²) in [6.45, 7) is 5.76. The predicted molar refractivity (Wildman–Crippen MR) is 60.3 cm³/mol. The molecule has 94 valence electrons. The lowest BCUT2D eigenvalue weighted by Gasteiger charge is -2.22. The van der Waals surface area contributed by atoms with Crippen LogP contribution < -0.4 is 0 Å². The molecule has 0 aliphatic carbocycles. The summed E-state index contributed by atoms with van der Waals surface area (Å²) in [6, 6.07) is 0. The maximum Gasteiger partial charge on any atom is 0.322 e. The van der Waals surface area contributed by atoms with E-state index in [-0.39, 0.29) is 13.2 Å². The van der Waals surface area contributed by atoms with Crippen molar-refractivity contribution in [2.45, 2.75) is 43.6 Å². The fourth-order valence-electron chi connectivity index (χ4n) is 1.43. The first-order valence-corrected chi connectivity index (χ1v) is 6.09. The van der Waals surface area contributed by atoms with Crippen LogP contribution in [0.15, 0.2) is 0 Å². The molecule has 16 heavy (non-hydrogen) atoms. The SMILES string of the molecule is CCOC(=O)C(Br)[C@H](O)[C@H]1COC(C)(C)O1. The number of ether oxygens (including phenoxy) is 3. The maximum atomic E-state index is 11.4. The van der Waals surface area contributed by atoms with Crippen LogP contribution in [-0.2, 0) is 19.0 Å². The summed E-state index contributed by atoms with van der Waals surface area (Å²) in [4.78, 5) is 10.6. The highest BCUT2D eigenvalue weighted by molar-refractivity contribution is 9.10. The zero-order chi connectivity index (χ0) is 12.3. The maximum absolute atomic E-state index is 11.4. The van der Waals surface area contributed by atoms with Crippen LogP contribution >= 0.6 is 15.9 Å². The van der Waals surface area contributed by atoms with Crippen LogP contribution in [0, 0.1) is 0 Å². The molecule has 0 saturated carbocycles. The van der Waals surface area contributed by atoms with Gasteiger partial charge in [0, 0.05) is 0 Å². The molecular formula is C10H17BrO5. The van der Waals surface area contributed by atoms with E-state index in [1.54, 1.807) is 20.8 Å². The molecule has 5 nitrogen and oxygen atoms in total. The number of esters is 1. The van der Waals surface area contributed by atoms with Gasteiger partial charge in [0.05, 0.1) is 13.2 Å². The van der Waals surface area contributed by atoms with Gasteiger partial charge in [-0.2, -0.15) is 0 Å². The lowest BCUT2D eigenvalue weighted by atomic mass is 10.1. The Morgan fingerprint density at radius 2 is 2.31 bits per heavy atom. The van der Waals surface area contributed by atoms with Crippen molar-refractivity contribution in [3.63, 3.8) is 0 Å². The van der Waals surface area contributed by atoms with E-state index < -0.39 is 28.8 Å². The van der Waals surface area contributed by atoms with Gasteiger partial charge in [-0.1, -0.05) is 15.9 Å². The molecule has 1 saturated heterocycles. The second-order valence-corrected chi connectivity index (χ2v) is 5.00. The lowest BCUT2D eigenvalue weighted by molar-refractivity contribution is -0.158. The molecule has 0 spiro atoms. The first kappa shape index (κ1) is 13.9. The number of aliphatic hydroxyl groups excluding tert-OH is 1. The zero-order valence-electron chi connectivity index (χ0n) is 9.60. The van der Waals surface area contributed by atoms with Crippen LogP contribution in [0.1, 0.15) is 20.8 Å². The number of rotatable bonds is 4. The van der Waals surface area contributed by atoms with Gasteiger partial charge >= 0.3 is 5.97 Å². The van der Waals surface area contributed by atoms with Crippen LogP contribution in [0.25, 0.3) is 0 Å². The molecule has 1 unspecified atom stereocenters. The Kier molecular flexibility index (Phi) is 4.73. The highest BCUT2D eigenvalue weighted by atomic mass is 79.9. The molecular weight excluding hydrogens is 280 g/mol. The molecule has 0 bridgehead atoms. The molecule has 3 atom stereocenters. The third-order valence-corrected chi connectivity index (χ3v) is 3.14. The van der Waals surface area contributed by atoms with Gasteiger partial charge in [0.15, 0.2) is 5.79 Å². The molecule has 1 fully saturated rings. The summed E-state index contributed by atoms with van der Waals surface area (Å²) in [7, 11) is 0. The third-order valence-electron chi connectivity index (χ3n) is 2.22. The fourth-order valence-corrected chi connectivity index (χ4v) is 1.91. The van der Waals surface area contributed by atoms with E-state index in [0.29, 0.717) is 0 Å². The number of aliphatic hydroxyl groups is 1. The summed E-state index contributed by atoms with van der Waals surface area (Å²) >= 11 is 3.10. The van der Waals surface area contributed by atoms with Crippen molar-refractivity contribution in [3.8, 4) is 0 Å². The number of carbonyl (C=O) groups excluding carboxylic acids is 1. The number of alkyl halides is 1. The molecule has 1 aliphatic heterocycles. The van der Waals surface area contributed by atoms with E-state index in [0.717, 1.165) is 0 Å². The van der Waals surface area contributed by atoms with E-state index >= 15 is 0 Å². The standard InChI is InChI=1S/C10H17BrO5/c1-4-14-9(13)7(11)8(12)6-5-15-10(2,3)16-6/h6-8,12H,4-5H2,1-3H3/t6-,7?,8-/m1/s1. The van der Waals surface area contributed by atoms with E-state index in [9.17, 15) is 9.90 Å². The molecule has 0 aromatic carbocycles. The first-order chi connectivity index (χ1) is 7.37. The topological polar surface area (TPSA) is 65.0 Å². The number of hydrogen-bond donors (Lipinski definition) is 1. The van der Waals surface area contributed by atoms with Crippen LogP contribution in [0.3, 0.4) is 0 Å². The van der Waals surface area contributed by atoms with Crippen molar-refractivity contribution < 1.29 is 24.1 Å². The molecule has 1 rings (SSSR count). The van der Waals surface area contributed by atoms with Crippen LogP contribution in [-0.4, -0.2) is 47.1 Å². The molecule has 0 aromatic heterocycles. The van der Waals surface area contributed by atoms with E-state index in [4.69, 9.17) is 14.2 Å². The van der Waals surface area contributed by atoms with Crippen LogP contribution in [0.4, 0.5) is 0 Å². The quantitative estimate of drug-likeness (QED) is 0.615. The smallest absolute Gasteiger partial charge is 0.322 e. The van der Waals surface area contributed by atoms with Gasteiger partial charge in [0.2, 0.25) is 0 Å². The Balaban J connectivity index is 2.51. The Bertz CT molecular complexity index is 256. The number of hydrogen-bond acceptors (Lipinski definition) is 5. The zero-order valence-corrected chi connectivity index (χ0v) is 11.2. The first-order valence-electron chi connectivity index (χ1n) is 5.18. The minimum Gasteiger partial charge on any atom is -0.465 e. The molecule has 0 amide bonds. The summed E-state index contributed by atoms with van der Waals surface area (Å²) in [5.41, 5.74) is 0. The van der Waals surface area contributed by atoms with Crippen molar-refractivity contribution in [2.24, 2.45) is 0 Å². The largest absolute Gasteiger partial charge is 0.465 e. The molecule has 0 aromatic rings. The third kappa shape index (κ3) is 3.41. The van der Waals surface area contributed by atoms with Gasteiger partial charge < -0.3 is 19.3 Å². The fraction of sp³-hybridized carbons (Fsp3) is 0.900.